The van der Waals surface area contributed by atoms with Crippen molar-refractivity contribution in [2.24, 2.45) is 0 Å². The Balaban J connectivity index is 1.40. The van der Waals surface area contributed by atoms with Crippen molar-refractivity contribution < 1.29 is 14.0 Å². The number of amides is 2. The third-order valence-electron chi connectivity index (χ3n) is 5.29. The highest BCUT2D eigenvalue weighted by atomic mass is 16.3. The maximum absolute atomic E-state index is 12.4. The summed E-state index contributed by atoms with van der Waals surface area (Å²) < 4.78 is 5.32. The normalized spacial score (nSPS) is 16.4. The van der Waals surface area contributed by atoms with Gasteiger partial charge in [-0.1, -0.05) is 18.2 Å². The molecule has 0 bridgehead atoms. The fourth-order valence-corrected chi connectivity index (χ4v) is 3.60. The molecule has 2 heterocycles. The molecule has 0 aliphatic carbocycles. The van der Waals surface area contributed by atoms with E-state index in [-0.39, 0.29) is 17.9 Å². The Labute approximate surface area is 172 Å². The maximum Gasteiger partial charge on any atom is 0.238 e. The Kier molecular flexibility index (Phi) is 7.06. The number of carbonyl (C=O) groups is 2. The molecule has 0 radical (unpaired) electrons. The second-order valence-corrected chi connectivity index (χ2v) is 7.67. The van der Waals surface area contributed by atoms with Crippen LogP contribution in [-0.4, -0.2) is 60.9 Å². The van der Waals surface area contributed by atoms with Crippen LogP contribution in [0.3, 0.4) is 0 Å². The third kappa shape index (κ3) is 5.92. The van der Waals surface area contributed by atoms with Crippen molar-refractivity contribution in [2.45, 2.75) is 26.8 Å². The quantitative estimate of drug-likeness (QED) is 0.749. The van der Waals surface area contributed by atoms with Gasteiger partial charge in [0, 0.05) is 31.9 Å². The molecular formula is C22H30N4O3. The van der Waals surface area contributed by atoms with Gasteiger partial charge < -0.3 is 15.1 Å². The Hall–Kier alpha value is -2.64. The molecule has 0 spiro atoms. The fraction of sp³-hybridized carbons (Fsp3) is 0.455. The Morgan fingerprint density at radius 2 is 1.55 bits per heavy atom. The van der Waals surface area contributed by atoms with Crippen LogP contribution < -0.4 is 10.6 Å². The molecule has 1 aliphatic rings. The summed E-state index contributed by atoms with van der Waals surface area (Å²) in [5, 5.41) is 6.00. The van der Waals surface area contributed by atoms with Crippen molar-refractivity contribution in [1.29, 1.82) is 0 Å². The van der Waals surface area contributed by atoms with E-state index in [4.69, 9.17) is 4.42 Å². The summed E-state index contributed by atoms with van der Waals surface area (Å²) in [5.74, 6) is 0.731. The van der Waals surface area contributed by atoms with Crippen LogP contribution in [0.25, 0.3) is 0 Å². The van der Waals surface area contributed by atoms with Crippen molar-refractivity contribution >= 4 is 17.5 Å². The van der Waals surface area contributed by atoms with Gasteiger partial charge in [-0.3, -0.25) is 19.4 Å². The van der Waals surface area contributed by atoms with Crippen molar-refractivity contribution in [3.05, 3.63) is 53.5 Å². The van der Waals surface area contributed by atoms with Gasteiger partial charge in [-0.15, -0.1) is 0 Å². The SMILES string of the molecule is Cc1cccc(C)c1NC(=O)CN1CCN(CC(=O)N[C@@H](C)c2ccco2)CC1. The first-order chi connectivity index (χ1) is 13.9. The number of aryl methyl sites for hydroxylation is 2. The van der Waals surface area contributed by atoms with E-state index < -0.39 is 0 Å². The number of benzene rings is 1. The molecular weight excluding hydrogens is 368 g/mol. The summed E-state index contributed by atoms with van der Waals surface area (Å²) in [6.07, 6.45) is 1.60. The minimum absolute atomic E-state index is 0.000802. The first-order valence-corrected chi connectivity index (χ1v) is 10.1. The predicted octanol–water partition coefficient (Wildman–Crippen LogP) is 2.33. The largest absolute Gasteiger partial charge is 0.467 e. The second kappa shape index (κ2) is 9.71. The van der Waals surface area contributed by atoms with Gasteiger partial charge in [0.25, 0.3) is 0 Å². The van der Waals surface area contributed by atoms with E-state index in [0.717, 1.165) is 48.8 Å². The van der Waals surface area contributed by atoms with Crippen LogP contribution in [-0.2, 0) is 9.59 Å². The van der Waals surface area contributed by atoms with E-state index in [2.05, 4.69) is 20.4 Å². The molecule has 1 saturated heterocycles. The van der Waals surface area contributed by atoms with E-state index in [1.807, 2.05) is 51.1 Å². The highest BCUT2D eigenvalue weighted by Gasteiger charge is 2.22. The Morgan fingerprint density at radius 3 is 2.10 bits per heavy atom. The smallest absolute Gasteiger partial charge is 0.238 e. The van der Waals surface area contributed by atoms with Crippen LogP contribution in [0.15, 0.2) is 41.0 Å². The molecule has 156 valence electrons. The van der Waals surface area contributed by atoms with Crippen LogP contribution >= 0.6 is 0 Å². The van der Waals surface area contributed by atoms with Crippen molar-refractivity contribution in [3.8, 4) is 0 Å². The third-order valence-corrected chi connectivity index (χ3v) is 5.29. The number of nitrogens with zero attached hydrogens (tertiary/aromatic N) is 2. The van der Waals surface area contributed by atoms with E-state index >= 15 is 0 Å². The average molecular weight is 399 g/mol. The van der Waals surface area contributed by atoms with E-state index in [0.29, 0.717) is 13.1 Å². The lowest BCUT2D eigenvalue weighted by Gasteiger charge is -2.34. The molecule has 0 saturated carbocycles. The molecule has 2 aromatic rings. The monoisotopic (exact) mass is 398 g/mol. The minimum Gasteiger partial charge on any atom is -0.467 e. The highest BCUT2D eigenvalue weighted by Crippen LogP contribution is 2.19. The Morgan fingerprint density at radius 1 is 0.966 bits per heavy atom. The van der Waals surface area contributed by atoms with Crippen LogP contribution in [0.1, 0.15) is 29.9 Å². The molecule has 7 heteroatoms. The molecule has 1 aromatic heterocycles. The lowest BCUT2D eigenvalue weighted by atomic mass is 10.1. The summed E-state index contributed by atoms with van der Waals surface area (Å²) in [5.41, 5.74) is 3.04. The molecule has 1 aliphatic heterocycles. The zero-order valence-electron chi connectivity index (χ0n) is 17.4. The number of nitrogens with one attached hydrogen (secondary N) is 2. The molecule has 0 unspecified atom stereocenters. The van der Waals surface area contributed by atoms with E-state index in [1.165, 1.54) is 0 Å². The van der Waals surface area contributed by atoms with E-state index in [1.54, 1.807) is 6.26 Å². The van der Waals surface area contributed by atoms with Gasteiger partial charge in [0.05, 0.1) is 25.4 Å². The molecule has 2 N–H and O–H groups in total. The first-order valence-electron chi connectivity index (χ1n) is 10.1. The Bertz CT molecular complexity index is 806. The summed E-state index contributed by atoms with van der Waals surface area (Å²) in [7, 11) is 0. The zero-order chi connectivity index (χ0) is 20.8. The fourth-order valence-electron chi connectivity index (χ4n) is 3.60. The molecule has 29 heavy (non-hydrogen) atoms. The van der Waals surface area contributed by atoms with Gasteiger partial charge in [-0.25, -0.2) is 0 Å². The van der Waals surface area contributed by atoms with Crippen LogP contribution in [0.5, 0.6) is 0 Å². The number of carbonyl (C=O) groups excluding carboxylic acids is 2. The number of rotatable bonds is 7. The number of piperazine rings is 1. The summed E-state index contributed by atoms with van der Waals surface area (Å²) >= 11 is 0. The van der Waals surface area contributed by atoms with Crippen molar-refractivity contribution in [1.82, 2.24) is 15.1 Å². The minimum atomic E-state index is -0.146. The summed E-state index contributed by atoms with van der Waals surface area (Å²) in [6.45, 7) is 9.68. The van der Waals surface area contributed by atoms with Crippen LogP contribution in [0.4, 0.5) is 5.69 Å². The number of furan rings is 1. The van der Waals surface area contributed by atoms with Gasteiger partial charge >= 0.3 is 0 Å². The van der Waals surface area contributed by atoms with Gasteiger partial charge in [-0.2, -0.15) is 0 Å². The number of anilines is 1. The molecule has 1 aromatic carbocycles. The predicted molar refractivity (Wildman–Crippen MR) is 113 cm³/mol. The molecule has 7 nitrogen and oxygen atoms in total. The topological polar surface area (TPSA) is 77.8 Å². The van der Waals surface area contributed by atoms with Crippen LogP contribution in [0.2, 0.25) is 0 Å². The molecule has 1 fully saturated rings. The molecule has 1 atom stereocenters. The number of hydrogen-bond acceptors (Lipinski definition) is 5. The first kappa shape index (κ1) is 21.1. The van der Waals surface area contributed by atoms with Gasteiger partial charge in [0.2, 0.25) is 11.8 Å². The maximum atomic E-state index is 12.4. The number of hydrogen-bond donors (Lipinski definition) is 2. The lowest BCUT2D eigenvalue weighted by molar-refractivity contribution is -0.124. The van der Waals surface area contributed by atoms with Gasteiger partial charge in [0.1, 0.15) is 5.76 Å². The molecule has 2 amide bonds. The van der Waals surface area contributed by atoms with E-state index in [9.17, 15) is 9.59 Å². The number of para-hydroxylation sites is 1. The van der Waals surface area contributed by atoms with Crippen molar-refractivity contribution in [2.75, 3.05) is 44.6 Å². The highest BCUT2D eigenvalue weighted by molar-refractivity contribution is 5.93. The standard InChI is InChI=1S/C22H30N4O3/c1-16-6-4-7-17(2)22(16)24-21(28)15-26-11-9-25(10-12-26)14-20(27)23-18(3)19-8-5-13-29-19/h4-8,13,18H,9-12,14-15H2,1-3H3,(H,23,27)(H,24,28)/t18-/m0/s1. The lowest BCUT2D eigenvalue weighted by Crippen LogP contribution is -2.51. The summed E-state index contributed by atoms with van der Waals surface area (Å²) in [6, 6.07) is 9.51. The average Bonchev–Trinajstić information content (AvgIpc) is 3.21. The zero-order valence-corrected chi connectivity index (χ0v) is 17.4. The second-order valence-electron chi connectivity index (χ2n) is 7.67. The summed E-state index contributed by atoms with van der Waals surface area (Å²) in [4.78, 5) is 29.0. The van der Waals surface area contributed by atoms with Gasteiger partial charge in [-0.05, 0) is 44.0 Å². The van der Waals surface area contributed by atoms with Gasteiger partial charge in [0.15, 0.2) is 0 Å². The van der Waals surface area contributed by atoms with Crippen molar-refractivity contribution in [3.63, 3.8) is 0 Å². The molecule has 3 rings (SSSR count). The van der Waals surface area contributed by atoms with Crippen LogP contribution in [0, 0.1) is 13.8 Å².